The van der Waals surface area contributed by atoms with E-state index < -0.39 is 16.9 Å². The van der Waals surface area contributed by atoms with Gasteiger partial charge in [-0.15, -0.1) is 0 Å². The second-order valence-electron chi connectivity index (χ2n) is 5.93. The Morgan fingerprint density at radius 2 is 1.67 bits per heavy atom. The number of ether oxygens (including phenoxy) is 1. The zero-order valence-corrected chi connectivity index (χ0v) is 11.6. The lowest BCUT2D eigenvalue weighted by molar-refractivity contribution is -0.152. The van der Waals surface area contributed by atoms with Gasteiger partial charge in [0.15, 0.2) is 0 Å². The molecule has 0 aromatic heterocycles. The standard InChI is InChI=1S/C13H23NO4/c1-12(2,11(16)17)13(3,4)14-10(15)9-5-7-18-8-6-9/h9H,5-8H2,1-4H3,(H,14,15)(H,16,17). The number of hydrogen-bond donors (Lipinski definition) is 2. The van der Waals surface area contributed by atoms with Gasteiger partial charge in [-0.25, -0.2) is 0 Å². The molecule has 0 bridgehead atoms. The lowest BCUT2D eigenvalue weighted by Gasteiger charge is -2.40. The van der Waals surface area contributed by atoms with E-state index in [1.165, 1.54) is 0 Å². The van der Waals surface area contributed by atoms with Crippen LogP contribution in [0.15, 0.2) is 0 Å². The molecule has 0 atom stereocenters. The average Bonchev–Trinajstić information content (AvgIpc) is 2.29. The van der Waals surface area contributed by atoms with Gasteiger partial charge in [-0.2, -0.15) is 0 Å². The van der Waals surface area contributed by atoms with Crippen molar-refractivity contribution < 1.29 is 19.4 Å². The van der Waals surface area contributed by atoms with Crippen molar-refractivity contribution in [1.82, 2.24) is 5.32 Å². The van der Waals surface area contributed by atoms with Crippen LogP contribution >= 0.6 is 0 Å². The largest absolute Gasteiger partial charge is 0.481 e. The van der Waals surface area contributed by atoms with Crippen molar-refractivity contribution in [2.45, 2.75) is 46.1 Å². The molecule has 2 N–H and O–H groups in total. The summed E-state index contributed by atoms with van der Waals surface area (Å²) in [5.74, 6) is -1.06. The Labute approximate surface area is 108 Å². The normalized spacial score (nSPS) is 18.4. The summed E-state index contributed by atoms with van der Waals surface area (Å²) in [6.07, 6.45) is 1.41. The van der Waals surface area contributed by atoms with Gasteiger partial charge in [-0.1, -0.05) is 0 Å². The van der Waals surface area contributed by atoms with Crippen LogP contribution in [-0.2, 0) is 14.3 Å². The van der Waals surface area contributed by atoms with Crippen molar-refractivity contribution in [2.24, 2.45) is 11.3 Å². The lowest BCUT2D eigenvalue weighted by Crippen LogP contribution is -2.58. The van der Waals surface area contributed by atoms with Crippen molar-refractivity contribution in [2.75, 3.05) is 13.2 Å². The molecule has 5 heteroatoms. The molecule has 1 heterocycles. The molecule has 0 aliphatic carbocycles. The second kappa shape index (κ2) is 5.26. The minimum absolute atomic E-state index is 0.0670. The maximum absolute atomic E-state index is 12.1. The first-order valence-corrected chi connectivity index (χ1v) is 6.31. The highest BCUT2D eigenvalue weighted by molar-refractivity contribution is 5.82. The first-order valence-electron chi connectivity index (χ1n) is 6.31. The molecule has 18 heavy (non-hydrogen) atoms. The second-order valence-corrected chi connectivity index (χ2v) is 5.93. The zero-order valence-electron chi connectivity index (χ0n) is 11.6. The molecule has 0 aromatic carbocycles. The fourth-order valence-electron chi connectivity index (χ4n) is 1.79. The maximum atomic E-state index is 12.1. The fourth-order valence-corrected chi connectivity index (χ4v) is 1.79. The number of carboxylic acid groups (broad SMARTS) is 1. The number of carbonyl (C=O) groups excluding carboxylic acids is 1. The molecular formula is C13H23NO4. The minimum atomic E-state index is -1.02. The minimum Gasteiger partial charge on any atom is -0.481 e. The Balaban J connectivity index is 2.70. The fraction of sp³-hybridized carbons (Fsp3) is 0.846. The monoisotopic (exact) mass is 257 g/mol. The molecule has 0 radical (unpaired) electrons. The molecule has 0 spiro atoms. The number of rotatable bonds is 4. The van der Waals surface area contributed by atoms with Crippen LogP contribution in [0.2, 0.25) is 0 Å². The lowest BCUT2D eigenvalue weighted by atomic mass is 9.74. The van der Waals surface area contributed by atoms with Gasteiger partial charge in [0.2, 0.25) is 5.91 Å². The Kier molecular flexibility index (Phi) is 4.37. The van der Waals surface area contributed by atoms with Gasteiger partial charge in [0.1, 0.15) is 0 Å². The van der Waals surface area contributed by atoms with Crippen molar-refractivity contribution in [3.63, 3.8) is 0 Å². The SMILES string of the molecule is CC(C)(NC(=O)C1CCOCC1)C(C)(C)C(=O)O. The van der Waals surface area contributed by atoms with Gasteiger partial charge in [0.25, 0.3) is 0 Å². The van der Waals surface area contributed by atoms with Crippen molar-refractivity contribution in [3.8, 4) is 0 Å². The summed E-state index contributed by atoms with van der Waals surface area (Å²) in [6, 6.07) is 0. The molecule has 1 saturated heterocycles. The van der Waals surface area contributed by atoms with Gasteiger partial charge in [0, 0.05) is 24.7 Å². The highest BCUT2D eigenvalue weighted by Crippen LogP contribution is 2.31. The molecule has 1 rings (SSSR count). The Hall–Kier alpha value is -1.10. The van der Waals surface area contributed by atoms with Gasteiger partial charge in [-0.05, 0) is 40.5 Å². The molecule has 0 saturated carbocycles. The number of nitrogens with one attached hydrogen (secondary N) is 1. The predicted molar refractivity (Wildman–Crippen MR) is 67.2 cm³/mol. The third-order valence-corrected chi connectivity index (χ3v) is 4.12. The molecule has 5 nitrogen and oxygen atoms in total. The summed E-state index contributed by atoms with van der Waals surface area (Å²) in [6.45, 7) is 7.94. The smallest absolute Gasteiger partial charge is 0.311 e. The molecule has 1 fully saturated rings. The number of amides is 1. The first-order chi connectivity index (χ1) is 8.18. The molecule has 0 aromatic rings. The van der Waals surface area contributed by atoms with Gasteiger partial charge in [0.05, 0.1) is 5.41 Å². The van der Waals surface area contributed by atoms with E-state index >= 15 is 0 Å². The average molecular weight is 257 g/mol. The van der Waals surface area contributed by atoms with E-state index in [0.29, 0.717) is 26.1 Å². The van der Waals surface area contributed by atoms with Crippen LogP contribution in [0.3, 0.4) is 0 Å². The third-order valence-electron chi connectivity index (χ3n) is 4.12. The number of aliphatic carboxylic acids is 1. The number of hydrogen-bond acceptors (Lipinski definition) is 3. The molecule has 1 aliphatic heterocycles. The summed E-state index contributed by atoms with van der Waals surface area (Å²) in [5, 5.41) is 12.1. The van der Waals surface area contributed by atoms with E-state index in [-0.39, 0.29) is 11.8 Å². The highest BCUT2D eigenvalue weighted by atomic mass is 16.5. The van der Waals surface area contributed by atoms with Gasteiger partial charge in [-0.3, -0.25) is 9.59 Å². The van der Waals surface area contributed by atoms with Crippen molar-refractivity contribution in [1.29, 1.82) is 0 Å². The van der Waals surface area contributed by atoms with E-state index in [2.05, 4.69) is 5.32 Å². The van der Waals surface area contributed by atoms with E-state index in [1.807, 2.05) is 0 Å². The van der Waals surface area contributed by atoms with Crippen molar-refractivity contribution in [3.05, 3.63) is 0 Å². The van der Waals surface area contributed by atoms with E-state index in [4.69, 9.17) is 4.74 Å². The van der Waals surface area contributed by atoms with Crippen LogP contribution < -0.4 is 5.32 Å². The summed E-state index contributed by atoms with van der Waals surface area (Å²) in [7, 11) is 0. The third kappa shape index (κ3) is 3.02. The summed E-state index contributed by atoms with van der Waals surface area (Å²) in [4.78, 5) is 23.4. The van der Waals surface area contributed by atoms with Gasteiger partial charge >= 0.3 is 5.97 Å². The number of carbonyl (C=O) groups is 2. The van der Waals surface area contributed by atoms with Crippen LogP contribution in [0.5, 0.6) is 0 Å². The van der Waals surface area contributed by atoms with E-state index in [9.17, 15) is 14.7 Å². The summed E-state index contributed by atoms with van der Waals surface area (Å²) < 4.78 is 5.21. The quantitative estimate of drug-likeness (QED) is 0.798. The van der Waals surface area contributed by atoms with Crippen molar-refractivity contribution >= 4 is 11.9 Å². The highest BCUT2D eigenvalue weighted by Gasteiger charge is 2.45. The number of carboxylic acids is 1. The zero-order chi connectivity index (χ0) is 14.0. The maximum Gasteiger partial charge on any atom is 0.311 e. The molecule has 1 amide bonds. The Bertz CT molecular complexity index is 330. The summed E-state index contributed by atoms with van der Waals surface area (Å²) >= 11 is 0. The van der Waals surface area contributed by atoms with E-state index in [0.717, 1.165) is 0 Å². The molecule has 104 valence electrons. The van der Waals surface area contributed by atoms with Crippen LogP contribution in [0.25, 0.3) is 0 Å². The van der Waals surface area contributed by atoms with Crippen LogP contribution in [0, 0.1) is 11.3 Å². The van der Waals surface area contributed by atoms with E-state index in [1.54, 1.807) is 27.7 Å². The van der Waals surface area contributed by atoms with Crippen LogP contribution in [0.4, 0.5) is 0 Å². The summed E-state index contributed by atoms with van der Waals surface area (Å²) in [5.41, 5.74) is -1.82. The Morgan fingerprint density at radius 1 is 1.17 bits per heavy atom. The first kappa shape index (κ1) is 15.0. The molecule has 0 unspecified atom stereocenters. The molecular weight excluding hydrogens is 234 g/mol. The van der Waals surface area contributed by atoms with Gasteiger partial charge < -0.3 is 15.2 Å². The predicted octanol–water partition coefficient (Wildman–Crippen LogP) is 1.42. The van der Waals surface area contributed by atoms with Crippen LogP contribution in [-0.4, -0.2) is 35.7 Å². The topological polar surface area (TPSA) is 75.6 Å². The molecule has 1 aliphatic rings. The van der Waals surface area contributed by atoms with Crippen LogP contribution in [0.1, 0.15) is 40.5 Å². The Morgan fingerprint density at radius 3 is 2.11 bits per heavy atom.